The van der Waals surface area contributed by atoms with Gasteiger partial charge in [-0.1, -0.05) is 54.6 Å². The van der Waals surface area contributed by atoms with Gasteiger partial charge in [0, 0.05) is 35.9 Å². The van der Waals surface area contributed by atoms with Gasteiger partial charge < -0.3 is 14.3 Å². The Labute approximate surface area is 229 Å². The maximum absolute atomic E-state index is 12.2. The van der Waals surface area contributed by atoms with Gasteiger partial charge in [0.05, 0.1) is 25.7 Å². The highest BCUT2D eigenvalue weighted by Gasteiger charge is 2.54. The summed E-state index contributed by atoms with van der Waals surface area (Å²) in [6, 6.07) is 27.9. The summed E-state index contributed by atoms with van der Waals surface area (Å²) in [7, 11) is 1.68. The summed E-state index contributed by atoms with van der Waals surface area (Å²) in [6.45, 7) is 7.21. The minimum Gasteiger partial charge on any atom is -0.497 e. The molecular weight excluding hydrogens is 480 g/mol. The topological polar surface area (TPSA) is 42.4 Å². The number of hydrogen-bond acceptors (Lipinski definition) is 3. The molecule has 0 aliphatic carbocycles. The molecule has 4 nitrogen and oxygen atoms in total. The number of hydrogen-bond donors (Lipinski definition) is 1. The number of ether oxygens (including phenoxy) is 1. The Hall–Kier alpha value is -3.73. The van der Waals surface area contributed by atoms with Gasteiger partial charge in [0.1, 0.15) is 24.4 Å². The second-order valence-corrected chi connectivity index (χ2v) is 11.6. The number of nitrogens with zero attached hydrogens (tertiary/aromatic N) is 2. The molecule has 0 spiro atoms. The van der Waals surface area contributed by atoms with Crippen LogP contribution in [0.2, 0.25) is 0 Å². The molecule has 3 aliphatic heterocycles. The van der Waals surface area contributed by atoms with E-state index in [1.165, 1.54) is 33.5 Å². The third-order valence-corrected chi connectivity index (χ3v) is 9.70. The number of piperidine rings is 3. The van der Waals surface area contributed by atoms with Crippen molar-refractivity contribution in [3.63, 3.8) is 0 Å². The zero-order valence-electron chi connectivity index (χ0n) is 22.5. The highest BCUT2D eigenvalue weighted by Crippen LogP contribution is 2.49. The Morgan fingerprint density at radius 1 is 1.00 bits per heavy atom. The molecule has 4 aromatic carbocycles. The van der Waals surface area contributed by atoms with E-state index in [4.69, 9.17) is 4.74 Å². The first kappa shape index (κ1) is 24.3. The van der Waals surface area contributed by atoms with Crippen molar-refractivity contribution in [1.82, 2.24) is 4.98 Å². The SMILES string of the molecule is C=C[C@H]1C[N@+]2(Cc3c4ccccc4cc4ccccc34)CC[C@H]1C[C@H]2[C@H](O)c1ccnc2ccc(OC)cc12. The van der Waals surface area contributed by atoms with Crippen LogP contribution < -0.4 is 4.74 Å². The van der Waals surface area contributed by atoms with Crippen LogP contribution in [0.25, 0.3) is 32.4 Å². The van der Waals surface area contributed by atoms with Crippen molar-refractivity contribution in [3.8, 4) is 5.75 Å². The van der Waals surface area contributed by atoms with Gasteiger partial charge in [-0.2, -0.15) is 0 Å². The van der Waals surface area contributed by atoms with E-state index >= 15 is 0 Å². The average molecular weight is 516 g/mol. The molecule has 3 aliphatic rings. The van der Waals surface area contributed by atoms with Crippen molar-refractivity contribution < 1.29 is 14.3 Å². The summed E-state index contributed by atoms with van der Waals surface area (Å²) in [5, 5.41) is 18.4. The van der Waals surface area contributed by atoms with Crippen LogP contribution in [0.5, 0.6) is 5.75 Å². The molecule has 0 unspecified atom stereocenters. The van der Waals surface area contributed by atoms with Crippen LogP contribution in [0, 0.1) is 11.8 Å². The highest BCUT2D eigenvalue weighted by molar-refractivity contribution is 6.02. The number of benzene rings is 4. The summed E-state index contributed by atoms with van der Waals surface area (Å²) >= 11 is 0. The Kier molecular flexibility index (Phi) is 5.91. The van der Waals surface area contributed by atoms with Gasteiger partial charge in [0.2, 0.25) is 0 Å². The normalized spacial score (nSPS) is 25.2. The largest absolute Gasteiger partial charge is 0.497 e. The molecule has 4 heteroatoms. The third-order valence-electron chi connectivity index (χ3n) is 9.70. The van der Waals surface area contributed by atoms with Crippen molar-refractivity contribution in [3.05, 3.63) is 109 Å². The van der Waals surface area contributed by atoms with E-state index in [0.29, 0.717) is 11.8 Å². The maximum Gasteiger partial charge on any atom is 0.131 e. The van der Waals surface area contributed by atoms with Crippen LogP contribution in [0.4, 0.5) is 0 Å². The van der Waals surface area contributed by atoms with Crippen molar-refractivity contribution in [2.45, 2.75) is 31.5 Å². The number of pyridine rings is 1. The minimum atomic E-state index is -0.600. The predicted molar refractivity (Wildman–Crippen MR) is 159 cm³/mol. The Morgan fingerprint density at radius 2 is 1.74 bits per heavy atom. The first-order valence-electron chi connectivity index (χ1n) is 14.1. The van der Waals surface area contributed by atoms with Gasteiger partial charge in [0.15, 0.2) is 0 Å². The van der Waals surface area contributed by atoms with Crippen molar-refractivity contribution in [1.29, 1.82) is 0 Å². The highest BCUT2D eigenvalue weighted by atomic mass is 16.5. The molecule has 0 amide bonds. The summed E-state index contributed by atoms with van der Waals surface area (Å²) in [6.07, 6.45) is 5.58. The van der Waals surface area contributed by atoms with Crippen molar-refractivity contribution in [2.75, 3.05) is 20.2 Å². The van der Waals surface area contributed by atoms with Crippen LogP contribution in [0.15, 0.2) is 97.7 Å². The first-order valence-corrected chi connectivity index (χ1v) is 14.1. The summed E-state index contributed by atoms with van der Waals surface area (Å²) < 4.78 is 6.41. The molecule has 3 saturated heterocycles. The van der Waals surface area contributed by atoms with Gasteiger partial charge in [-0.15, -0.1) is 6.58 Å². The predicted octanol–water partition coefficient (Wildman–Crippen LogP) is 7.19. The number of rotatable bonds is 6. The van der Waals surface area contributed by atoms with Gasteiger partial charge in [-0.05, 0) is 63.4 Å². The second-order valence-electron chi connectivity index (χ2n) is 11.6. The van der Waals surface area contributed by atoms with Crippen LogP contribution in [0.3, 0.4) is 0 Å². The number of aliphatic hydroxyl groups excluding tert-OH is 1. The van der Waals surface area contributed by atoms with Gasteiger partial charge in [-0.25, -0.2) is 0 Å². The number of aromatic nitrogens is 1. The zero-order chi connectivity index (χ0) is 26.6. The fourth-order valence-corrected chi connectivity index (χ4v) is 7.71. The molecule has 2 bridgehead atoms. The van der Waals surface area contributed by atoms with E-state index in [1.807, 2.05) is 30.5 Å². The summed E-state index contributed by atoms with van der Waals surface area (Å²) in [5.41, 5.74) is 3.23. The smallest absolute Gasteiger partial charge is 0.131 e. The molecule has 39 heavy (non-hydrogen) atoms. The molecule has 1 N–H and O–H groups in total. The van der Waals surface area contributed by atoms with Crippen LogP contribution >= 0.6 is 0 Å². The Morgan fingerprint density at radius 3 is 2.46 bits per heavy atom. The average Bonchev–Trinajstić information content (AvgIpc) is 3.00. The van der Waals surface area contributed by atoms with E-state index in [9.17, 15) is 5.11 Å². The van der Waals surface area contributed by atoms with E-state index in [1.54, 1.807) is 7.11 Å². The van der Waals surface area contributed by atoms with Crippen LogP contribution in [-0.2, 0) is 6.54 Å². The maximum atomic E-state index is 12.2. The second kappa shape index (κ2) is 9.48. The molecule has 0 saturated carbocycles. The number of fused-ring (bicyclic) bond motifs is 6. The fourth-order valence-electron chi connectivity index (χ4n) is 7.71. The molecule has 196 valence electrons. The zero-order valence-corrected chi connectivity index (χ0v) is 22.5. The third kappa shape index (κ3) is 3.93. The fraction of sp³-hybridized carbons (Fsp3) is 0.286. The van der Waals surface area contributed by atoms with Gasteiger partial charge in [0.25, 0.3) is 0 Å². The number of aliphatic hydroxyl groups is 1. The molecule has 5 aromatic rings. The molecule has 8 rings (SSSR count). The number of quaternary nitrogens is 1. The lowest BCUT2D eigenvalue weighted by molar-refractivity contribution is -0.984. The molecule has 0 radical (unpaired) electrons. The quantitative estimate of drug-likeness (QED) is 0.148. The van der Waals surface area contributed by atoms with Crippen LogP contribution in [0.1, 0.15) is 30.1 Å². The summed E-state index contributed by atoms with van der Waals surface area (Å²) in [5.74, 6) is 1.82. The van der Waals surface area contributed by atoms with E-state index < -0.39 is 6.10 Å². The van der Waals surface area contributed by atoms with Gasteiger partial charge >= 0.3 is 0 Å². The van der Waals surface area contributed by atoms with E-state index in [0.717, 1.165) is 52.8 Å². The number of methoxy groups -OCH3 is 1. The molecule has 4 heterocycles. The standard InChI is InChI=1S/C35H35N2O2/c1-3-23-21-37(22-32-28-10-6-4-8-25(28)18-26-9-5-7-11-29(26)32)17-15-24(23)19-34(37)35(38)30-14-16-36-33-13-12-27(39-2)20-31(30)33/h3-14,16,18,20,23-24,34-35,38H,1,15,17,19,21-22H2,2H3/q+1/t23-,24-,34-,35+,37-/m0/s1. The Balaban J connectivity index is 1.39. The first-order chi connectivity index (χ1) is 19.1. The lowest BCUT2D eigenvalue weighted by Crippen LogP contribution is -2.67. The van der Waals surface area contributed by atoms with E-state index in [2.05, 4.69) is 72.2 Å². The van der Waals surface area contributed by atoms with E-state index in [-0.39, 0.29) is 6.04 Å². The molecular formula is C35H35N2O2+. The molecule has 1 aromatic heterocycles. The van der Waals surface area contributed by atoms with Crippen molar-refractivity contribution in [2.24, 2.45) is 11.8 Å². The monoisotopic (exact) mass is 515 g/mol. The van der Waals surface area contributed by atoms with Crippen molar-refractivity contribution >= 4 is 32.4 Å². The van der Waals surface area contributed by atoms with Crippen LogP contribution in [-0.4, -0.2) is 40.8 Å². The minimum absolute atomic E-state index is 0.0921. The lowest BCUT2D eigenvalue weighted by atomic mass is 9.71. The van der Waals surface area contributed by atoms with Gasteiger partial charge in [-0.3, -0.25) is 4.98 Å². The molecule has 5 atom stereocenters. The summed E-state index contributed by atoms with van der Waals surface area (Å²) in [4.78, 5) is 4.59. The molecule has 3 fully saturated rings. The Bertz CT molecular complexity index is 1660. The lowest BCUT2D eigenvalue weighted by Gasteiger charge is -2.58.